The van der Waals surface area contributed by atoms with Crippen LogP contribution in [0.15, 0.2) is 54.9 Å². The summed E-state index contributed by atoms with van der Waals surface area (Å²) < 4.78 is 1.73. The number of anilines is 1. The number of fused-ring (bicyclic) bond motifs is 1. The van der Waals surface area contributed by atoms with Gasteiger partial charge in [0.05, 0.1) is 17.5 Å². The zero-order valence-corrected chi connectivity index (χ0v) is 23.4. The molecule has 9 heteroatoms. The highest BCUT2D eigenvalue weighted by molar-refractivity contribution is 7.18. The molecule has 0 unspecified atom stereocenters. The molecule has 2 fully saturated rings. The van der Waals surface area contributed by atoms with Crippen LogP contribution in [-0.2, 0) is 4.79 Å². The summed E-state index contributed by atoms with van der Waals surface area (Å²) in [6.07, 6.45) is 9.52. The summed E-state index contributed by atoms with van der Waals surface area (Å²) in [5, 5.41) is 24.9. The minimum absolute atomic E-state index is 0.0379. The van der Waals surface area contributed by atoms with Crippen molar-refractivity contribution in [2.24, 2.45) is 11.8 Å². The lowest BCUT2D eigenvalue weighted by Crippen LogP contribution is -2.47. The molecule has 208 valence electrons. The molecule has 0 aliphatic heterocycles. The van der Waals surface area contributed by atoms with E-state index in [0.717, 1.165) is 53.0 Å². The number of carbonyl (C=O) groups excluding carboxylic acids is 1. The molecule has 0 radical (unpaired) electrons. The number of rotatable bonds is 6. The lowest BCUT2D eigenvalue weighted by Gasteiger charge is -2.38. The third-order valence-corrected chi connectivity index (χ3v) is 9.66. The Hall–Kier alpha value is -3.56. The molecule has 4 aromatic rings. The largest absolute Gasteiger partial charge is 0.477 e. The van der Waals surface area contributed by atoms with Gasteiger partial charge in [0.15, 0.2) is 5.65 Å². The normalized spacial score (nSPS) is 23.2. The second kappa shape index (κ2) is 11.1. The first-order valence-electron chi connectivity index (χ1n) is 14.2. The van der Waals surface area contributed by atoms with Gasteiger partial charge in [-0.05, 0) is 75.0 Å². The van der Waals surface area contributed by atoms with Crippen molar-refractivity contribution in [1.29, 1.82) is 0 Å². The van der Waals surface area contributed by atoms with Gasteiger partial charge in [0.1, 0.15) is 4.88 Å². The van der Waals surface area contributed by atoms with E-state index in [2.05, 4.69) is 17.0 Å². The quantitative estimate of drug-likeness (QED) is 0.288. The summed E-state index contributed by atoms with van der Waals surface area (Å²) in [6.45, 7) is 2.23. The maximum absolute atomic E-state index is 14.0. The lowest BCUT2D eigenvalue weighted by molar-refractivity contribution is -0.124. The zero-order valence-electron chi connectivity index (χ0n) is 22.6. The van der Waals surface area contributed by atoms with Crippen molar-refractivity contribution >= 4 is 34.5 Å². The maximum Gasteiger partial charge on any atom is 0.348 e. The molecule has 6 rings (SSSR count). The number of aliphatic hydroxyl groups is 1. The van der Waals surface area contributed by atoms with Gasteiger partial charge >= 0.3 is 5.97 Å². The topological polar surface area (TPSA) is 108 Å². The van der Waals surface area contributed by atoms with Crippen LogP contribution in [0.3, 0.4) is 0 Å². The molecule has 1 amide bonds. The molecule has 0 bridgehead atoms. The van der Waals surface area contributed by atoms with Crippen LogP contribution in [0.1, 0.15) is 68.0 Å². The Morgan fingerprint density at radius 1 is 0.975 bits per heavy atom. The Balaban J connectivity index is 1.34. The SMILES string of the molecule is CC1CCC(C(=O)N(c2cc(-c3ccc(-c4cc5ncccn5n4)cc3)sc2C(=O)O)C2CCC(O)CC2)CC1. The highest BCUT2D eigenvalue weighted by atomic mass is 32.1. The first kappa shape index (κ1) is 26.7. The van der Waals surface area contributed by atoms with Crippen LogP contribution in [0.5, 0.6) is 0 Å². The summed E-state index contributed by atoms with van der Waals surface area (Å²) in [6, 6.07) is 13.4. The standard InChI is InChI=1S/C31H34N4O4S/c1-19-3-5-22(6-4-19)30(37)35(23-11-13-24(36)14-12-23)26-18-27(40-29(26)31(38)39)21-9-7-20(8-10-21)25-17-28-32-15-2-16-34(28)33-25/h2,7-10,15-19,22-24,36H,3-6,11-14H2,1H3,(H,38,39). The Kier molecular flexibility index (Phi) is 7.42. The van der Waals surface area contributed by atoms with Crippen LogP contribution in [0, 0.1) is 11.8 Å². The van der Waals surface area contributed by atoms with Crippen LogP contribution in [-0.4, -0.2) is 48.8 Å². The van der Waals surface area contributed by atoms with Gasteiger partial charge in [-0.25, -0.2) is 14.3 Å². The van der Waals surface area contributed by atoms with E-state index in [4.69, 9.17) is 0 Å². The molecule has 40 heavy (non-hydrogen) atoms. The van der Waals surface area contributed by atoms with E-state index in [1.54, 1.807) is 15.6 Å². The second-order valence-electron chi connectivity index (χ2n) is 11.3. The molecular weight excluding hydrogens is 524 g/mol. The third kappa shape index (κ3) is 5.28. The molecule has 0 spiro atoms. The van der Waals surface area contributed by atoms with Crippen molar-refractivity contribution in [2.75, 3.05) is 4.90 Å². The Bertz CT molecular complexity index is 1480. The van der Waals surface area contributed by atoms with E-state index in [9.17, 15) is 19.8 Å². The summed E-state index contributed by atoms with van der Waals surface area (Å²) in [7, 11) is 0. The second-order valence-corrected chi connectivity index (χ2v) is 12.3. The van der Waals surface area contributed by atoms with Gasteiger partial charge in [0, 0.05) is 40.9 Å². The third-order valence-electron chi connectivity index (χ3n) is 8.50. The number of benzene rings is 1. The van der Waals surface area contributed by atoms with Crippen LogP contribution in [0.25, 0.3) is 27.3 Å². The minimum atomic E-state index is -1.02. The molecule has 3 heterocycles. The number of carboxylic acids is 1. The van der Waals surface area contributed by atoms with E-state index in [1.807, 2.05) is 48.7 Å². The maximum atomic E-state index is 14.0. The average Bonchev–Trinajstić information content (AvgIpc) is 3.60. The first-order valence-corrected chi connectivity index (χ1v) is 15.0. The van der Waals surface area contributed by atoms with Crippen molar-refractivity contribution in [2.45, 2.75) is 70.4 Å². The summed E-state index contributed by atoms with van der Waals surface area (Å²) >= 11 is 1.21. The molecule has 8 nitrogen and oxygen atoms in total. The molecule has 0 atom stereocenters. The molecule has 2 N–H and O–H groups in total. The van der Waals surface area contributed by atoms with Crippen molar-refractivity contribution in [3.8, 4) is 21.7 Å². The number of hydrogen-bond donors (Lipinski definition) is 2. The molecule has 2 saturated carbocycles. The molecule has 3 aromatic heterocycles. The van der Waals surface area contributed by atoms with E-state index in [1.165, 1.54) is 11.3 Å². The van der Waals surface area contributed by atoms with Gasteiger partial charge in [0.25, 0.3) is 0 Å². The highest BCUT2D eigenvalue weighted by Gasteiger charge is 2.37. The van der Waals surface area contributed by atoms with E-state index < -0.39 is 5.97 Å². The number of aromatic carboxylic acids is 1. The predicted molar refractivity (Wildman–Crippen MR) is 156 cm³/mol. The van der Waals surface area contributed by atoms with Crippen LogP contribution >= 0.6 is 11.3 Å². The number of carboxylic acid groups (broad SMARTS) is 1. The summed E-state index contributed by atoms with van der Waals surface area (Å²) in [5.74, 6) is -0.460. The molecular formula is C31H34N4O4S. The smallest absolute Gasteiger partial charge is 0.348 e. The molecule has 2 aliphatic carbocycles. The lowest BCUT2D eigenvalue weighted by atomic mass is 9.81. The van der Waals surface area contributed by atoms with Crippen molar-refractivity contribution < 1.29 is 19.8 Å². The minimum Gasteiger partial charge on any atom is -0.477 e. The Labute approximate surface area is 237 Å². The van der Waals surface area contributed by atoms with Crippen molar-refractivity contribution in [3.63, 3.8) is 0 Å². The fraction of sp³-hybridized carbons (Fsp3) is 0.419. The average molecular weight is 559 g/mol. The van der Waals surface area contributed by atoms with Gasteiger partial charge < -0.3 is 15.1 Å². The monoisotopic (exact) mass is 558 g/mol. The molecule has 2 aliphatic rings. The number of aromatic nitrogens is 3. The first-order chi connectivity index (χ1) is 19.4. The number of nitrogens with zero attached hydrogens (tertiary/aromatic N) is 4. The Morgan fingerprint density at radius 2 is 1.68 bits per heavy atom. The summed E-state index contributed by atoms with van der Waals surface area (Å²) in [5.41, 5.74) is 3.90. The fourth-order valence-electron chi connectivity index (χ4n) is 6.15. The highest BCUT2D eigenvalue weighted by Crippen LogP contribution is 2.42. The predicted octanol–water partition coefficient (Wildman–Crippen LogP) is 6.29. The molecule has 1 aromatic carbocycles. The zero-order chi connectivity index (χ0) is 27.8. The van der Waals surface area contributed by atoms with Crippen LogP contribution in [0.2, 0.25) is 0 Å². The van der Waals surface area contributed by atoms with Crippen molar-refractivity contribution in [3.05, 3.63) is 59.7 Å². The van der Waals surface area contributed by atoms with Crippen molar-refractivity contribution in [1.82, 2.24) is 14.6 Å². The number of hydrogen-bond acceptors (Lipinski definition) is 6. The van der Waals surface area contributed by atoms with E-state index in [0.29, 0.717) is 37.3 Å². The van der Waals surface area contributed by atoms with Crippen LogP contribution in [0.4, 0.5) is 5.69 Å². The van der Waals surface area contributed by atoms with E-state index >= 15 is 0 Å². The van der Waals surface area contributed by atoms with Gasteiger partial charge in [0.2, 0.25) is 5.91 Å². The van der Waals surface area contributed by atoms with Crippen LogP contribution < -0.4 is 4.90 Å². The van der Waals surface area contributed by atoms with E-state index in [-0.39, 0.29) is 28.8 Å². The summed E-state index contributed by atoms with van der Waals surface area (Å²) in [4.78, 5) is 33.7. The van der Waals surface area contributed by atoms with Gasteiger partial charge in [-0.2, -0.15) is 5.10 Å². The number of amides is 1. The van der Waals surface area contributed by atoms with Gasteiger partial charge in [-0.3, -0.25) is 4.79 Å². The Morgan fingerprint density at radius 3 is 2.35 bits per heavy atom. The fourth-order valence-corrected chi connectivity index (χ4v) is 7.14. The number of carbonyl (C=O) groups is 2. The number of aliphatic hydroxyl groups excluding tert-OH is 1. The van der Waals surface area contributed by atoms with Gasteiger partial charge in [-0.15, -0.1) is 11.3 Å². The number of thiophene rings is 1. The van der Waals surface area contributed by atoms with Gasteiger partial charge in [-0.1, -0.05) is 31.2 Å². The molecule has 0 saturated heterocycles.